The van der Waals surface area contributed by atoms with Crippen LogP contribution < -0.4 is 16.0 Å². The zero-order valence-corrected chi connectivity index (χ0v) is 22.7. The van der Waals surface area contributed by atoms with Crippen LogP contribution in [-0.2, 0) is 9.59 Å². The van der Waals surface area contributed by atoms with Crippen LogP contribution in [0.3, 0.4) is 0 Å². The van der Waals surface area contributed by atoms with Crippen LogP contribution in [0, 0.1) is 10.1 Å². The summed E-state index contributed by atoms with van der Waals surface area (Å²) < 4.78 is 0. The van der Waals surface area contributed by atoms with Crippen molar-refractivity contribution in [3.8, 4) is 0 Å². The largest absolute Gasteiger partial charge is 0.321 e. The van der Waals surface area contributed by atoms with Crippen molar-refractivity contribution >= 4 is 63.4 Å². The number of nitro groups is 1. The zero-order valence-electron chi connectivity index (χ0n) is 21.1. The lowest BCUT2D eigenvalue weighted by Gasteiger charge is -2.13. The van der Waals surface area contributed by atoms with Gasteiger partial charge in [-0.25, -0.2) is 4.98 Å². The van der Waals surface area contributed by atoms with E-state index >= 15 is 0 Å². The van der Waals surface area contributed by atoms with E-state index < -0.39 is 22.0 Å². The number of aromatic nitrogens is 1. The van der Waals surface area contributed by atoms with Gasteiger partial charge < -0.3 is 16.0 Å². The lowest BCUT2D eigenvalue weighted by Crippen LogP contribution is -2.30. The summed E-state index contributed by atoms with van der Waals surface area (Å²) >= 11 is 2.67. The van der Waals surface area contributed by atoms with Crippen molar-refractivity contribution in [2.45, 2.75) is 17.1 Å². The number of benzene rings is 3. The maximum atomic E-state index is 13.2. The number of hydrogen-bond acceptors (Lipinski definition) is 8. The fourth-order valence-electron chi connectivity index (χ4n) is 3.44. The molecule has 3 aromatic carbocycles. The van der Waals surface area contributed by atoms with E-state index in [2.05, 4.69) is 20.9 Å². The van der Waals surface area contributed by atoms with Gasteiger partial charge in [-0.1, -0.05) is 30.3 Å². The number of thiazole rings is 1. The number of carbonyl (C=O) groups is 3. The second-order valence-corrected chi connectivity index (χ2v) is 10.6. The number of nitrogens with zero attached hydrogens (tertiary/aromatic N) is 2. The number of nitro benzene ring substituents is 1. The summed E-state index contributed by atoms with van der Waals surface area (Å²) in [6, 6.07) is 21.0. The first-order chi connectivity index (χ1) is 19.3. The summed E-state index contributed by atoms with van der Waals surface area (Å²) in [6.45, 7) is 1.78. The summed E-state index contributed by atoms with van der Waals surface area (Å²) in [6.07, 6.45) is 2.88. The average Bonchev–Trinajstić information content (AvgIpc) is 3.47. The number of anilines is 2. The Hall–Kier alpha value is -4.81. The van der Waals surface area contributed by atoms with Crippen LogP contribution in [0.25, 0.3) is 6.08 Å². The Bertz CT molecular complexity index is 1540. The lowest BCUT2D eigenvalue weighted by atomic mass is 10.1. The summed E-state index contributed by atoms with van der Waals surface area (Å²) in [5, 5.41) is 21.4. The highest BCUT2D eigenvalue weighted by molar-refractivity contribution is 8.00. The number of thioether (sulfide) groups is 1. The second kappa shape index (κ2) is 13.3. The predicted octanol–water partition coefficient (Wildman–Crippen LogP) is 5.58. The van der Waals surface area contributed by atoms with Crippen LogP contribution in [0.4, 0.5) is 16.5 Å². The van der Waals surface area contributed by atoms with Crippen molar-refractivity contribution in [3.63, 3.8) is 0 Å². The molecule has 40 heavy (non-hydrogen) atoms. The van der Waals surface area contributed by atoms with Gasteiger partial charge in [-0.05, 0) is 55.5 Å². The minimum atomic E-state index is -0.668. The van der Waals surface area contributed by atoms with Gasteiger partial charge in [0.05, 0.1) is 15.7 Å². The Morgan fingerprint density at radius 1 is 0.975 bits per heavy atom. The number of nitrogens with one attached hydrogen (secondary N) is 3. The summed E-state index contributed by atoms with van der Waals surface area (Å²) in [5.41, 5.74) is 0.517. The summed E-state index contributed by atoms with van der Waals surface area (Å²) in [4.78, 5) is 54.2. The Kier molecular flexibility index (Phi) is 9.39. The molecule has 4 aromatic rings. The Morgan fingerprint density at radius 3 is 2.35 bits per heavy atom. The summed E-state index contributed by atoms with van der Waals surface area (Å²) in [7, 11) is 0. The van der Waals surface area contributed by atoms with E-state index in [1.54, 1.807) is 79.2 Å². The van der Waals surface area contributed by atoms with E-state index in [9.17, 15) is 24.5 Å². The summed E-state index contributed by atoms with van der Waals surface area (Å²) in [5.74, 6) is -1.40. The molecule has 0 aliphatic heterocycles. The van der Waals surface area contributed by atoms with Crippen molar-refractivity contribution in [1.29, 1.82) is 0 Å². The number of hydrogen-bond donors (Lipinski definition) is 3. The van der Waals surface area contributed by atoms with Crippen molar-refractivity contribution in [2.75, 3.05) is 10.6 Å². The first kappa shape index (κ1) is 28.2. The van der Waals surface area contributed by atoms with Crippen molar-refractivity contribution in [3.05, 3.63) is 117 Å². The average molecular weight is 574 g/mol. The molecule has 4 rings (SSSR count). The van der Waals surface area contributed by atoms with E-state index in [-0.39, 0.29) is 22.9 Å². The van der Waals surface area contributed by atoms with Crippen LogP contribution in [0.5, 0.6) is 0 Å². The molecular formula is C28H23N5O5S2. The molecule has 0 aliphatic rings. The Labute approximate surface area is 237 Å². The standard InChI is InChI=1S/C28H23N5O5S2/c1-18(25(34)32-28-29-15-16-39-28)40-22-13-11-21(12-14-22)30-27(36)23(31-26(35)19-7-3-2-4-8-19)17-20-9-5-6-10-24(20)33(37)38/h2-18H,1H3,(H,30,36)(H,31,35)(H,29,32,34)/b23-17-. The second-order valence-electron chi connectivity index (χ2n) is 8.26. The fourth-order valence-corrected chi connectivity index (χ4v) is 4.84. The number of carbonyl (C=O) groups excluding carboxylic acids is 3. The maximum Gasteiger partial charge on any atom is 0.276 e. The molecular weight excluding hydrogens is 550 g/mol. The molecule has 0 bridgehead atoms. The molecule has 0 radical (unpaired) electrons. The molecule has 0 saturated carbocycles. The van der Waals surface area contributed by atoms with Gasteiger partial charge in [0.25, 0.3) is 17.5 Å². The van der Waals surface area contributed by atoms with Gasteiger partial charge in [-0.2, -0.15) is 0 Å². The molecule has 0 spiro atoms. The van der Waals surface area contributed by atoms with Gasteiger partial charge in [0.15, 0.2) is 5.13 Å². The van der Waals surface area contributed by atoms with Gasteiger partial charge in [0, 0.05) is 33.8 Å². The quantitative estimate of drug-likeness (QED) is 0.0972. The molecule has 202 valence electrons. The third-order valence-electron chi connectivity index (χ3n) is 5.42. The van der Waals surface area contributed by atoms with Crippen LogP contribution in [-0.4, -0.2) is 32.9 Å². The van der Waals surface area contributed by atoms with Crippen molar-refractivity contribution < 1.29 is 19.3 Å². The van der Waals surface area contributed by atoms with Crippen LogP contribution >= 0.6 is 23.1 Å². The van der Waals surface area contributed by atoms with E-state index in [0.717, 1.165) is 4.90 Å². The van der Waals surface area contributed by atoms with Gasteiger partial charge in [-0.3, -0.25) is 24.5 Å². The van der Waals surface area contributed by atoms with E-state index in [1.807, 2.05) is 0 Å². The normalized spacial score (nSPS) is 11.8. The number of para-hydroxylation sites is 1. The molecule has 12 heteroatoms. The predicted molar refractivity (Wildman–Crippen MR) is 156 cm³/mol. The molecule has 10 nitrogen and oxygen atoms in total. The third kappa shape index (κ3) is 7.62. The molecule has 1 aromatic heterocycles. The molecule has 1 unspecified atom stereocenters. The lowest BCUT2D eigenvalue weighted by molar-refractivity contribution is -0.385. The monoisotopic (exact) mass is 573 g/mol. The minimum Gasteiger partial charge on any atom is -0.321 e. The van der Waals surface area contributed by atoms with Crippen molar-refractivity contribution in [1.82, 2.24) is 10.3 Å². The Balaban J connectivity index is 1.49. The van der Waals surface area contributed by atoms with E-state index in [4.69, 9.17) is 0 Å². The van der Waals surface area contributed by atoms with Crippen molar-refractivity contribution in [2.24, 2.45) is 0 Å². The van der Waals surface area contributed by atoms with E-state index in [1.165, 1.54) is 47.4 Å². The van der Waals surface area contributed by atoms with Gasteiger partial charge in [-0.15, -0.1) is 23.1 Å². The third-order valence-corrected chi connectivity index (χ3v) is 7.22. The highest BCUT2D eigenvalue weighted by atomic mass is 32.2. The maximum absolute atomic E-state index is 13.2. The van der Waals surface area contributed by atoms with E-state index in [0.29, 0.717) is 16.4 Å². The number of rotatable bonds is 10. The molecule has 3 amide bonds. The first-order valence-corrected chi connectivity index (χ1v) is 13.7. The highest BCUT2D eigenvalue weighted by Crippen LogP contribution is 2.26. The zero-order chi connectivity index (χ0) is 28.5. The molecule has 3 N–H and O–H groups in total. The van der Waals surface area contributed by atoms with Gasteiger partial charge in [0.1, 0.15) is 5.70 Å². The SMILES string of the molecule is CC(Sc1ccc(NC(=O)/C(=C/c2ccccc2[N+](=O)[O-])NC(=O)c2ccccc2)cc1)C(=O)Nc1nccs1. The van der Waals surface area contributed by atoms with Gasteiger partial charge in [0.2, 0.25) is 5.91 Å². The van der Waals surface area contributed by atoms with Crippen LogP contribution in [0.1, 0.15) is 22.8 Å². The number of amides is 3. The topological polar surface area (TPSA) is 143 Å². The van der Waals surface area contributed by atoms with Crippen LogP contribution in [0.15, 0.2) is 101 Å². The molecule has 0 aliphatic carbocycles. The highest BCUT2D eigenvalue weighted by Gasteiger charge is 2.19. The van der Waals surface area contributed by atoms with Gasteiger partial charge >= 0.3 is 0 Å². The Morgan fingerprint density at radius 2 is 1.68 bits per heavy atom. The molecule has 0 fully saturated rings. The molecule has 1 heterocycles. The smallest absolute Gasteiger partial charge is 0.276 e. The first-order valence-electron chi connectivity index (χ1n) is 11.9. The molecule has 1 atom stereocenters. The molecule has 0 saturated heterocycles. The fraction of sp³-hybridized carbons (Fsp3) is 0.0714. The van der Waals surface area contributed by atoms with Crippen LogP contribution in [0.2, 0.25) is 0 Å². The minimum absolute atomic E-state index is 0.155.